The van der Waals surface area contributed by atoms with Crippen LogP contribution in [0.1, 0.15) is 55.9 Å². The third-order valence-corrected chi connectivity index (χ3v) is 7.94. The SMILES string of the molecule is C[C@H](Nc1cc(C(=O)N2CCC(NC(=O)NC3CC3)CC2)nc(-c2cnn3ccsc23)n1)C1CC1. The molecule has 184 valence electrons. The summed E-state index contributed by atoms with van der Waals surface area (Å²) in [7, 11) is 0. The lowest BCUT2D eigenvalue weighted by Crippen LogP contribution is -2.49. The van der Waals surface area contributed by atoms with Crippen LogP contribution in [0.5, 0.6) is 0 Å². The molecular weight excluding hydrogens is 464 g/mol. The van der Waals surface area contributed by atoms with E-state index in [9.17, 15) is 9.59 Å². The highest BCUT2D eigenvalue weighted by Crippen LogP contribution is 2.34. The number of carbonyl (C=O) groups excluding carboxylic acids is 2. The molecule has 10 nitrogen and oxygen atoms in total. The summed E-state index contributed by atoms with van der Waals surface area (Å²) in [6.45, 7) is 3.32. The molecule has 35 heavy (non-hydrogen) atoms. The Morgan fingerprint density at radius 1 is 1.06 bits per heavy atom. The average molecular weight is 495 g/mol. The number of thiazole rings is 1. The Morgan fingerprint density at radius 3 is 2.51 bits per heavy atom. The Labute approximate surface area is 207 Å². The third-order valence-electron chi connectivity index (χ3n) is 7.05. The molecular formula is C24H30N8O2S. The van der Waals surface area contributed by atoms with Crippen molar-refractivity contribution in [2.75, 3.05) is 18.4 Å². The van der Waals surface area contributed by atoms with E-state index >= 15 is 0 Å². The first-order valence-electron chi connectivity index (χ1n) is 12.5. The van der Waals surface area contributed by atoms with Crippen LogP contribution in [-0.4, -0.2) is 67.6 Å². The minimum absolute atomic E-state index is 0.0786. The molecule has 1 aliphatic heterocycles. The van der Waals surface area contributed by atoms with Crippen LogP contribution in [-0.2, 0) is 0 Å². The summed E-state index contributed by atoms with van der Waals surface area (Å²) in [5, 5.41) is 15.9. The van der Waals surface area contributed by atoms with Gasteiger partial charge in [-0.2, -0.15) is 5.10 Å². The lowest BCUT2D eigenvalue weighted by atomic mass is 10.0. The van der Waals surface area contributed by atoms with E-state index in [0.717, 1.165) is 36.1 Å². The normalized spacial score (nSPS) is 19.5. The van der Waals surface area contributed by atoms with Crippen molar-refractivity contribution >= 4 is 33.9 Å². The maximum Gasteiger partial charge on any atom is 0.315 e. The van der Waals surface area contributed by atoms with E-state index in [1.54, 1.807) is 28.1 Å². The van der Waals surface area contributed by atoms with Crippen LogP contribution >= 0.6 is 11.3 Å². The number of rotatable bonds is 7. The third kappa shape index (κ3) is 4.95. The molecule has 3 aromatic rings. The number of hydrogen-bond donors (Lipinski definition) is 3. The standard InChI is InChI=1S/C24H30N8O2S/c1-14(15-2-3-15)26-20-12-19(29-21(30-20)18-13-25-32-10-11-35-23(18)32)22(33)31-8-6-17(7-9-31)28-24(34)27-16-4-5-16/h10-17H,2-9H2,1H3,(H,26,29,30)(H2,27,28,34)/t14-/m0/s1. The van der Waals surface area contributed by atoms with Crippen molar-refractivity contribution in [1.29, 1.82) is 0 Å². The van der Waals surface area contributed by atoms with Gasteiger partial charge in [0.25, 0.3) is 5.91 Å². The molecule has 3 aromatic heterocycles. The van der Waals surface area contributed by atoms with Crippen LogP contribution in [0.2, 0.25) is 0 Å². The van der Waals surface area contributed by atoms with Gasteiger partial charge in [-0.15, -0.1) is 11.3 Å². The van der Waals surface area contributed by atoms with E-state index < -0.39 is 0 Å². The Balaban J connectivity index is 1.19. The number of hydrogen-bond acceptors (Lipinski definition) is 7. The fourth-order valence-corrected chi connectivity index (χ4v) is 5.40. The predicted molar refractivity (Wildman–Crippen MR) is 134 cm³/mol. The number of anilines is 1. The second-order valence-corrected chi connectivity index (χ2v) is 10.8. The molecule has 3 aliphatic rings. The van der Waals surface area contributed by atoms with Crippen molar-refractivity contribution in [3.05, 3.63) is 29.5 Å². The second kappa shape index (κ2) is 9.10. The summed E-state index contributed by atoms with van der Waals surface area (Å²) in [5.41, 5.74) is 1.20. The van der Waals surface area contributed by atoms with Gasteiger partial charge in [0.2, 0.25) is 0 Å². The molecule has 0 radical (unpaired) electrons. The Bertz CT molecular complexity index is 1240. The van der Waals surface area contributed by atoms with Crippen LogP contribution < -0.4 is 16.0 Å². The molecule has 1 saturated heterocycles. The largest absolute Gasteiger partial charge is 0.367 e. The van der Waals surface area contributed by atoms with E-state index in [-0.39, 0.29) is 18.0 Å². The van der Waals surface area contributed by atoms with Gasteiger partial charge in [-0.3, -0.25) is 4.79 Å². The quantitative estimate of drug-likeness (QED) is 0.465. The number of fused-ring (bicyclic) bond motifs is 1. The number of aromatic nitrogens is 4. The fourth-order valence-electron chi connectivity index (χ4n) is 4.61. The minimum Gasteiger partial charge on any atom is -0.367 e. The van der Waals surface area contributed by atoms with E-state index in [4.69, 9.17) is 4.98 Å². The van der Waals surface area contributed by atoms with Gasteiger partial charge in [0, 0.05) is 48.9 Å². The van der Waals surface area contributed by atoms with E-state index in [2.05, 4.69) is 33.0 Å². The highest BCUT2D eigenvalue weighted by Gasteiger charge is 2.30. The number of carbonyl (C=O) groups is 2. The average Bonchev–Trinajstić information content (AvgIpc) is 3.77. The van der Waals surface area contributed by atoms with Gasteiger partial charge >= 0.3 is 6.03 Å². The van der Waals surface area contributed by atoms with Gasteiger partial charge in [-0.05, 0) is 51.4 Å². The summed E-state index contributed by atoms with van der Waals surface area (Å²) in [5.74, 6) is 1.72. The van der Waals surface area contributed by atoms with Crippen LogP contribution in [0.4, 0.5) is 10.6 Å². The number of nitrogens with zero attached hydrogens (tertiary/aromatic N) is 5. The number of likely N-dealkylation sites (tertiary alicyclic amines) is 1. The van der Waals surface area contributed by atoms with E-state index in [0.29, 0.717) is 48.4 Å². The molecule has 6 rings (SSSR count). The van der Waals surface area contributed by atoms with Gasteiger partial charge in [0.15, 0.2) is 5.82 Å². The molecule has 3 N–H and O–H groups in total. The molecule has 1 atom stereocenters. The summed E-state index contributed by atoms with van der Waals surface area (Å²) in [6, 6.07) is 2.38. The van der Waals surface area contributed by atoms with Gasteiger partial charge in [0.1, 0.15) is 16.3 Å². The van der Waals surface area contributed by atoms with Crippen molar-refractivity contribution in [3.8, 4) is 11.4 Å². The smallest absolute Gasteiger partial charge is 0.315 e. The zero-order chi connectivity index (χ0) is 23.9. The Morgan fingerprint density at radius 2 is 1.80 bits per heavy atom. The minimum atomic E-state index is -0.105. The Hall–Kier alpha value is -3.21. The Kier molecular flexibility index (Phi) is 5.79. The maximum atomic E-state index is 13.5. The molecule has 0 bridgehead atoms. The molecule has 0 aromatic carbocycles. The molecule has 3 amide bonds. The topological polar surface area (TPSA) is 117 Å². The van der Waals surface area contributed by atoms with Crippen molar-refractivity contribution < 1.29 is 9.59 Å². The summed E-state index contributed by atoms with van der Waals surface area (Å²) in [4.78, 5) is 37.8. The van der Waals surface area contributed by atoms with E-state index in [1.807, 2.05) is 16.5 Å². The lowest BCUT2D eigenvalue weighted by Gasteiger charge is -2.32. The summed E-state index contributed by atoms with van der Waals surface area (Å²) in [6.07, 6.45) is 9.68. The first kappa shape index (κ1) is 22.3. The molecule has 4 heterocycles. The van der Waals surface area contributed by atoms with Crippen molar-refractivity contribution in [1.82, 2.24) is 35.1 Å². The fraction of sp³-hybridized carbons (Fsp3) is 0.542. The monoisotopic (exact) mass is 494 g/mol. The summed E-state index contributed by atoms with van der Waals surface area (Å²) >= 11 is 1.57. The van der Waals surface area contributed by atoms with Gasteiger partial charge < -0.3 is 20.9 Å². The van der Waals surface area contributed by atoms with Gasteiger partial charge in [0.05, 0.1) is 11.8 Å². The highest BCUT2D eigenvalue weighted by molar-refractivity contribution is 7.16. The van der Waals surface area contributed by atoms with Crippen molar-refractivity contribution in [3.63, 3.8) is 0 Å². The molecule has 11 heteroatoms. The van der Waals surface area contributed by atoms with Crippen LogP contribution in [0.25, 0.3) is 16.2 Å². The molecule has 0 spiro atoms. The van der Waals surface area contributed by atoms with Crippen molar-refractivity contribution in [2.24, 2.45) is 5.92 Å². The van der Waals surface area contributed by atoms with Crippen LogP contribution in [0.3, 0.4) is 0 Å². The lowest BCUT2D eigenvalue weighted by molar-refractivity contribution is 0.0702. The first-order valence-corrected chi connectivity index (χ1v) is 13.3. The molecule has 3 fully saturated rings. The zero-order valence-electron chi connectivity index (χ0n) is 19.7. The van der Waals surface area contributed by atoms with Gasteiger partial charge in [-0.1, -0.05) is 0 Å². The van der Waals surface area contributed by atoms with Crippen molar-refractivity contribution in [2.45, 2.75) is 63.6 Å². The maximum absolute atomic E-state index is 13.5. The number of piperidine rings is 1. The van der Waals surface area contributed by atoms with E-state index in [1.165, 1.54) is 12.8 Å². The number of amides is 3. The highest BCUT2D eigenvalue weighted by atomic mass is 32.1. The molecule has 0 unspecified atom stereocenters. The molecule has 2 aliphatic carbocycles. The first-order chi connectivity index (χ1) is 17.0. The summed E-state index contributed by atoms with van der Waals surface area (Å²) < 4.78 is 1.80. The molecule has 2 saturated carbocycles. The zero-order valence-corrected chi connectivity index (χ0v) is 20.6. The van der Waals surface area contributed by atoms with Gasteiger partial charge in [-0.25, -0.2) is 19.3 Å². The van der Waals surface area contributed by atoms with Crippen LogP contribution in [0.15, 0.2) is 23.8 Å². The predicted octanol–water partition coefficient (Wildman–Crippen LogP) is 3.13. The number of nitrogens with one attached hydrogen (secondary N) is 3. The van der Waals surface area contributed by atoms with Crippen LogP contribution in [0, 0.1) is 5.92 Å². The second-order valence-electron chi connectivity index (χ2n) is 9.90. The number of urea groups is 1.